The summed E-state index contributed by atoms with van der Waals surface area (Å²) in [4.78, 5) is 27.9. The topological polar surface area (TPSA) is 55.8 Å². The fourth-order valence-electron chi connectivity index (χ4n) is 4.18. The van der Waals surface area contributed by atoms with E-state index in [2.05, 4.69) is 0 Å². The third-order valence-corrected chi connectivity index (χ3v) is 5.48. The van der Waals surface area contributed by atoms with Gasteiger partial charge in [0, 0.05) is 11.5 Å². The molecule has 0 radical (unpaired) electrons. The maximum atomic E-state index is 13.5. The Hall–Kier alpha value is -2.73. The summed E-state index contributed by atoms with van der Waals surface area (Å²) >= 11 is 0. The van der Waals surface area contributed by atoms with Gasteiger partial charge in [0.05, 0.1) is 19.3 Å². The van der Waals surface area contributed by atoms with Crippen molar-refractivity contribution in [3.05, 3.63) is 71.5 Å². The summed E-state index contributed by atoms with van der Waals surface area (Å²) in [6, 6.07) is 15.1. The summed E-state index contributed by atoms with van der Waals surface area (Å²) < 4.78 is 24.9. The van der Waals surface area contributed by atoms with Gasteiger partial charge in [-0.1, -0.05) is 56.3 Å². The van der Waals surface area contributed by atoms with Gasteiger partial charge in [-0.25, -0.2) is 4.39 Å². The number of hydrogen-bond donors (Lipinski definition) is 0. The van der Waals surface area contributed by atoms with Crippen molar-refractivity contribution in [3.8, 4) is 0 Å². The van der Waals surface area contributed by atoms with E-state index in [1.807, 2.05) is 44.2 Å². The average molecular weight is 397 g/mol. The third kappa shape index (κ3) is 3.65. The Morgan fingerprint density at radius 3 is 2.48 bits per heavy atom. The Kier molecular flexibility index (Phi) is 5.37. The lowest BCUT2D eigenvalue weighted by Crippen LogP contribution is -2.34. The van der Waals surface area contributed by atoms with Crippen LogP contribution in [0, 0.1) is 17.7 Å². The lowest BCUT2D eigenvalue weighted by Gasteiger charge is -2.23. The zero-order valence-corrected chi connectivity index (χ0v) is 16.5. The van der Waals surface area contributed by atoms with Gasteiger partial charge in [-0.05, 0) is 23.6 Å². The van der Waals surface area contributed by atoms with Crippen molar-refractivity contribution in [2.24, 2.45) is 11.8 Å². The summed E-state index contributed by atoms with van der Waals surface area (Å²) in [6.07, 6.45) is -0.542. The Labute approximate surface area is 169 Å². The monoisotopic (exact) mass is 397 g/mol. The molecule has 2 aromatic carbocycles. The predicted molar refractivity (Wildman–Crippen MR) is 104 cm³/mol. The molecule has 0 N–H and O–H groups in total. The Balaban J connectivity index is 1.69. The molecule has 1 amide bonds. The minimum atomic E-state index is -0.959. The van der Waals surface area contributed by atoms with E-state index in [1.54, 1.807) is 17.0 Å². The molecule has 0 aliphatic carbocycles. The van der Waals surface area contributed by atoms with Gasteiger partial charge < -0.3 is 14.4 Å². The smallest absolute Gasteiger partial charge is 0.319 e. The van der Waals surface area contributed by atoms with Gasteiger partial charge in [0.25, 0.3) is 0 Å². The standard InChI is InChI=1S/C23H24FNO4/c1-14(2)12-29-23(27)20-19(15-8-10-17(24)11-9-15)18-13-28-22(25(18)21(20)26)16-6-4-3-5-7-16/h3-11,14,18-20,22H,12-13H2,1-2H3/t18-,19-,20+,22-/m1/s1. The van der Waals surface area contributed by atoms with Gasteiger partial charge in [-0.15, -0.1) is 0 Å². The number of esters is 1. The highest BCUT2D eigenvalue weighted by Crippen LogP contribution is 2.47. The van der Waals surface area contributed by atoms with E-state index in [1.165, 1.54) is 12.1 Å². The molecule has 0 unspecified atom stereocenters. The highest BCUT2D eigenvalue weighted by Gasteiger charge is 2.58. The molecule has 0 saturated carbocycles. The molecule has 0 aromatic heterocycles. The third-order valence-electron chi connectivity index (χ3n) is 5.48. The predicted octanol–water partition coefficient (Wildman–Crippen LogP) is 3.66. The largest absolute Gasteiger partial charge is 0.465 e. The molecule has 0 spiro atoms. The van der Waals surface area contributed by atoms with E-state index < -0.39 is 24.0 Å². The highest BCUT2D eigenvalue weighted by molar-refractivity contribution is 6.01. The molecule has 152 valence electrons. The molecule has 0 bridgehead atoms. The number of rotatable bonds is 5. The Morgan fingerprint density at radius 1 is 1.14 bits per heavy atom. The molecule has 29 heavy (non-hydrogen) atoms. The zero-order valence-electron chi connectivity index (χ0n) is 16.5. The second kappa shape index (κ2) is 7.95. The van der Waals surface area contributed by atoms with Gasteiger partial charge in [-0.3, -0.25) is 9.59 Å². The fourth-order valence-corrected chi connectivity index (χ4v) is 4.18. The number of amides is 1. The summed E-state index contributed by atoms with van der Waals surface area (Å²) in [5, 5.41) is 0. The molecule has 2 aliphatic rings. The molecule has 2 fully saturated rings. The fraction of sp³-hybridized carbons (Fsp3) is 0.391. The summed E-state index contributed by atoms with van der Waals surface area (Å²) in [5.41, 5.74) is 1.59. The number of benzene rings is 2. The first-order chi connectivity index (χ1) is 14.0. The number of halogens is 1. The van der Waals surface area contributed by atoms with Crippen LogP contribution in [0.2, 0.25) is 0 Å². The number of fused-ring (bicyclic) bond motifs is 1. The minimum absolute atomic E-state index is 0.167. The average Bonchev–Trinajstić information content (AvgIpc) is 3.27. The normalized spacial score (nSPS) is 26.1. The van der Waals surface area contributed by atoms with Crippen molar-refractivity contribution in [2.45, 2.75) is 32.0 Å². The van der Waals surface area contributed by atoms with Crippen molar-refractivity contribution in [2.75, 3.05) is 13.2 Å². The van der Waals surface area contributed by atoms with Gasteiger partial charge in [0.1, 0.15) is 11.7 Å². The second-order valence-corrected chi connectivity index (χ2v) is 7.99. The lowest BCUT2D eigenvalue weighted by molar-refractivity contribution is -0.156. The number of ether oxygens (including phenoxy) is 2. The summed E-state index contributed by atoms with van der Waals surface area (Å²) in [7, 11) is 0. The van der Waals surface area contributed by atoms with Gasteiger partial charge in [0.2, 0.25) is 5.91 Å². The van der Waals surface area contributed by atoms with Crippen LogP contribution < -0.4 is 0 Å². The molecule has 2 saturated heterocycles. The first-order valence-electron chi connectivity index (χ1n) is 9.88. The maximum Gasteiger partial charge on any atom is 0.319 e. The van der Waals surface area contributed by atoms with E-state index >= 15 is 0 Å². The molecule has 2 aromatic rings. The maximum absolute atomic E-state index is 13.5. The van der Waals surface area contributed by atoms with E-state index in [0.29, 0.717) is 6.61 Å². The zero-order chi connectivity index (χ0) is 20.5. The van der Waals surface area contributed by atoms with E-state index in [9.17, 15) is 14.0 Å². The van der Waals surface area contributed by atoms with E-state index in [4.69, 9.17) is 9.47 Å². The van der Waals surface area contributed by atoms with Crippen molar-refractivity contribution in [1.82, 2.24) is 4.90 Å². The van der Waals surface area contributed by atoms with Crippen LogP contribution in [0.5, 0.6) is 0 Å². The minimum Gasteiger partial charge on any atom is -0.465 e. The summed E-state index contributed by atoms with van der Waals surface area (Å²) in [6.45, 7) is 4.45. The lowest BCUT2D eigenvalue weighted by atomic mass is 9.84. The van der Waals surface area contributed by atoms with Gasteiger partial charge >= 0.3 is 5.97 Å². The van der Waals surface area contributed by atoms with E-state index in [0.717, 1.165) is 11.1 Å². The Morgan fingerprint density at radius 2 is 1.83 bits per heavy atom. The molecular formula is C23H24FNO4. The molecule has 4 atom stereocenters. The van der Waals surface area contributed by atoms with Crippen LogP contribution in [0.25, 0.3) is 0 Å². The first kappa shape index (κ1) is 19.6. The van der Waals surface area contributed by atoms with Crippen LogP contribution >= 0.6 is 0 Å². The SMILES string of the molecule is CC(C)COC(=O)[C@@H]1C(=O)N2[C@@H](c3ccccc3)OC[C@@H]2[C@H]1c1ccc(F)cc1. The highest BCUT2D eigenvalue weighted by atomic mass is 19.1. The van der Waals surface area contributed by atoms with Crippen LogP contribution in [0.3, 0.4) is 0 Å². The summed E-state index contributed by atoms with van der Waals surface area (Å²) in [5.74, 6) is -2.43. The number of carbonyl (C=O) groups excluding carboxylic acids is 2. The van der Waals surface area contributed by atoms with Crippen LogP contribution in [0.4, 0.5) is 4.39 Å². The quantitative estimate of drug-likeness (QED) is 0.571. The number of hydrogen-bond acceptors (Lipinski definition) is 4. The van der Waals surface area contributed by atoms with Crippen LogP contribution in [0.15, 0.2) is 54.6 Å². The molecule has 5 nitrogen and oxygen atoms in total. The van der Waals surface area contributed by atoms with Crippen molar-refractivity contribution >= 4 is 11.9 Å². The van der Waals surface area contributed by atoms with Gasteiger partial charge in [-0.2, -0.15) is 0 Å². The van der Waals surface area contributed by atoms with Crippen molar-refractivity contribution < 1.29 is 23.5 Å². The van der Waals surface area contributed by atoms with Gasteiger partial charge in [0.15, 0.2) is 6.23 Å². The first-order valence-corrected chi connectivity index (χ1v) is 9.88. The van der Waals surface area contributed by atoms with Crippen LogP contribution in [-0.4, -0.2) is 36.0 Å². The molecule has 6 heteroatoms. The van der Waals surface area contributed by atoms with Crippen LogP contribution in [0.1, 0.15) is 37.1 Å². The van der Waals surface area contributed by atoms with E-state index in [-0.39, 0.29) is 30.3 Å². The molecular weight excluding hydrogens is 373 g/mol. The Bertz CT molecular complexity index is 884. The van der Waals surface area contributed by atoms with Crippen molar-refractivity contribution in [1.29, 1.82) is 0 Å². The second-order valence-electron chi connectivity index (χ2n) is 7.99. The molecule has 4 rings (SSSR count). The molecule has 2 aliphatic heterocycles. The van der Waals surface area contributed by atoms with Crippen molar-refractivity contribution in [3.63, 3.8) is 0 Å². The van der Waals surface area contributed by atoms with Crippen LogP contribution in [-0.2, 0) is 19.1 Å². The molecule has 2 heterocycles. The number of carbonyl (C=O) groups is 2. The number of nitrogens with zero attached hydrogens (tertiary/aromatic N) is 1.